The Morgan fingerprint density at radius 1 is 1.53 bits per heavy atom. The summed E-state index contributed by atoms with van der Waals surface area (Å²) in [4.78, 5) is 34.6. The Morgan fingerprint density at radius 3 is 2.84 bits per heavy atom. The fourth-order valence-electron chi connectivity index (χ4n) is 1.58. The van der Waals surface area contributed by atoms with Crippen LogP contribution in [-0.2, 0) is 14.3 Å². The van der Waals surface area contributed by atoms with Gasteiger partial charge in [0.1, 0.15) is 0 Å². The maximum Gasteiger partial charge on any atom is 0.351 e. The molecule has 0 aromatic carbocycles. The number of halogens is 1. The molecule has 1 atom stereocenters. The van der Waals surface area contributed by atoms with E-state index in [1.54, 1.807) is 0 Å². The van der Waals surface area contributed by atoms with E-state index in [0.29, 0.717) is 0 Å². The van der Waals surface area contributed by atoms with E-state index in [2.05, 4.69) is 9.84 Å². The molecule has 0 radical (unpaired) electrons. The van der Waals surface area contributed by atoms with Crippen molar-refractivity contribution < 1.29 is 23.9 Å². The molecule has 102 valence electrons. The monoisotopic (exact) mass is 287 g/mol. The van der Waals surface area contributed by atoms with Crippen LogP contribution in [0.15, 0.2) is 17.3 Å². The van der Waals surface area contributed by atoms with Crippen molar-refractivity contribution in [1.29, 1.82) is 0 Å². The highest BCUT2D eigenvalue weighted by Gasteiger charge is 2.33. The quantitative estimate of drug-likeness (QED) is 0.420. The van der Waals surface area contributed by atoms with Crippen LogP contribution in [0.2, 0.25) is 0 Å². The van der Waals surface area contributed by atoms with Gasteiger partial charge in [-0.15, -0.1) is 5.10 Å². The Morgan fingerprint density at radius 2 is 2.26 bits per heavy atom. The fourth-order valence-corrected chi connectivity index (χ4v) is 1.74. The van der Waals surface area contributed by atoms with Crippen LogP contribution >= 0.6 is 11.6 Å². The summed E-state index contributed by atoms with van der Waals surface area (Å²) in [6.07, 6.45) is 2.03. The fraction of sp³-hybridized carbons (Fsp3) is 0.400. The average Bonchev–Trinajstić information content (AvgIpc) is 2.97. The molecule has 0 bridgehead atoms. The molecule has 0 spiro atoms. The Bertz CT molecular complexity index is 490. The summed E-state index contributed by atoms with van der Waals surface area (Å²) in [5, 5.41) is 4.07. The molecule has 0 aliphatic carbocycles. The Kier molecular flexibility index (Phi) is 3.70. The minimum absolute atomic E-state index is 0.0904. The highest BCUT2D eigenvalue weighted by Crippen LogP contribution is 2.14. The molecule has 2 heterocycles. The van der Waals surface area contributed by atoms with Crippen LogP contribution in [0.25, 0.3) is 0 Å². The predicted octanol–water partition coefficient (Wildman–Crippen LogP) is 0.524. The van der Waals surface area contributed by atoms with Gasteiger partial charge in [-0.1, -0.05) is 0 Å². The first kappa shape index (κ1) is 13.3. The largest absolute Gasteiger partial charge is 0.466 e. The third-order valence-corrected chi connectivity index (χ3v) is 2.72. The molecule has 2 aliphatic rings. The number of methoxy groups -OCH3 is 1. The minimum Gasteiger partial charge on any atom is -0.466 e. The normalized spacial score (nSPS) is 24.0. The first-order valence-electron chi connectivity index (χ1n) is 5.32. The highest BCUT2D eigenvalue weighted by molar-refractivity contribution is 6.64. The Hall–Kier alpha value is -2.09. The second-order valence-corrected chi connectivity index (χ2v) is 3.99. The first-order chi connectivity index (χ1) is 9.02. The maximum absolute atomic E-state index is 11.7. The van der Waals surface area contributed by atoms with Gasteiger partial charge in [0.05, 0.1) is 20.2 Å². The molecule has 1 saturated heterocycles. The van der Waals surface area contributed by atoms with Crippen LogP contribution in [-0.4, -0.2) is 59.5 Å². The van der Waals surface area contributed by atoms with Crippen molar-refractivity contribution in [2.24, 2.45) is 5.10 Å². The number of carbonyl (C=O) groups excluding carboxylic acids is 3. The lowest BCUT2D eigenvalue weighted by atomic mass is 10.3. The number of urea groups is 1. The lowest BCUT2D eigenvalue weighted by molar-refractivity contribution is -0.146. The van der Waals surface area contributed by atoms with Crippen molar-refractivity contribution in [2.45, 2.75) is 6.10 Å². The summed E-state index contributed by atoms with van der Waals surface area (Å²) in [7, 11) is 1.24. The minimum atomic E-state index is -0.868. The lowest BCUT2D eigenvalue weighted by Crippen LogP contribution is -2.31. The van der Waals surface area contributed by atoms with E-state index in [4.69, 9.17) is 16.3 Å². The van der Waals surface area contributed by atoms with Crippen molar-refractivity contribution >= 4 is 34.9 Å². The van der Waals surface area contributed by atoms with E-state index >= 15 is 0 Å². The molecule has 1 unspecified atom stereocenters. The van der Waals surface area contributed by atoms with Gasteiger partial charge in [-0.3, -0.25) is 4.79 Å². The van der Waals surface area contributed by atoms with E-state index < -0.39 is 23.5 Å². The van der Waals surface area contributed by atoms with Crippen LogP contribution in [0, 0.1) is 0 Å². The van der Waals surface area contributed by atoms with Gasteiger partial charge in [0.15, 0.2) is 0 Å². The van der Waals surface area contributed by atoms with E-state index in [9.17, 15) is 14.4 Å². The van der Waals surface area contributed by atoms with E-state index in [0.717, 1.165) is 9.91 Å². The van der Waals surface area contributed by atoms with Gasteiger partial charge < -0.3 is 9.47 Å². The smallest absolute Gasteiger partial charge is 0.351 e. The van der Waals surface area contributed by atoms with E-state index in [1.807, 2.05) is 0 Å². The molecule has 0 aromatic rings. The van der Waals surface area contributed by atoms with Crippen LogP contribution in [0.1, 0.15) is 0 Å². The summed E-state index contributed by atoms with van der Waals surface area (Å²) >= 11 is 5.23. The number of hydrogen-bond acceptors (Lipinski definition) is 6. The molecule has 0 N–H and O–H groups in total. The molecule has 9 heteroatoms. The molecule has 2 rings (SSSR count). The molecule has 19 heavy (non-hydrogen) atoms. The summed E-state index contributed by atoms with van der Waals surface area (Å²) in [6.45, 7) is 0.364. The van der Waals surface area contributed by atoms with Crippen LogP contribution in [0.5, 0.6) is 0 Å². The van der Waals surface area contributed by atoms with Gasteiger partial charge in [0.25, 0.3) is 0 Å². The SMILES string of the molecule is COC(=O)C1C=CC(=NN2CCN(C(=O)Cl)C2=O)O1. The molecule has 3 amide bonds. The van der Waals surface area contributed by atoms with Crippen molar-refractivity contribution in [3.05, 3.63) is 12.2 Å². The third-order valence-electron chi connectivity index (χ3n) is 2.51. The zero-order valence-corrected chi connectivity index (χ0v) is 10.7. The zero-order valence-electron chi connectivity index (χ0n) is 9.91. The number of esters is 1. The average molecular weight is 288 g/mol. The zero-order chi connectivity index (χ0) is 14.0. The van der Waals surface area contributed by atoms with Gasteiger partial charge in [-0.05, 0) is 17.7 Å². The van der Waals surface area contributed by atoms with Crippen LogP contribution < -0.4 is 0 Å². The number of amides is 3. The van der Waals surface area contributed by atoms with Crippen LogP contribution in [0.4, 0.5) is 9.59 Å². The van der Waals surface area contributed by atoms with Gasteiger partial charge in [-0.25, -0.2) is 19.5 Å². The number of hydrogen-bond donors (Lipinski definition) is 0. The number of carbonyl (C=O) groups is 3. The maximum atomic E-state index is 11.7. The van der Waals surface area contributed by atoms with Crippen molar-refractivity contribution in [3.8, 4) is 0 Å². The van der Waals surface area contributed by atoms with Crippen molar-refractivity contribution in [3.63, 3.8) is 0 Å². The standard InChI is InChI=1S/C10H10ClN3O5/c1-18-8(15)6-2-3-7(19-6)12-14-5-4-13(9(11)16)10(14)17/h2-3,6H,4-5H2,1H3. The number of ether oxygens (including phenoxy) is 2. The second-order valence-electron chi connectivity index (χ2n) is 3.67. The molecule has 1 fully saturated rings. The van der Waals surface area contributed by atoms with Crippen molar-refractivity contribution in [2.75, 3.05) is 20.2 Å². The molecular formula is C10H10ClN3O5. The number of rotatable bonds is 2. The van der Waals surface area contributed by atoms with E-state index in [1.165, 1.54) is 19.3 Å². The third kappa shape index (κ3) is 2.68. The number of nitrogens with zero attached hydrogens (tertiary/aromatic N) is 3. The number of imide groups is 1. The molecule has 0 aromatic heterocycles. The summed E-state index contributed by atoms with van der Waals surface area (Å²) in [6, 6.07) is -0.633. The predicted molar refractivity (Wildman–Crippen MR) is 63.5 cm³/mol. The lowest BCUT2D eigenvalue weighted by Gasteiger charge is -2.12. The van der Waals surface area contributed by atoms with Gasteiger partial charge in [-0.2, -0.15) is 0 Å². The van der Waals surface area contributed by atoms with Gasteiger partial charge in [0.2, 0.25) is 12.0 Å². The summed E-state index contributed by atoms with van der Waals surface area (Å²) in [5.41, 5.74) is 0. The Labute approximate surface area is 113 Å². The molecular weight excluding hydrogens is 278 g/mol. The number of hydrazone groups is 1. The van der Waals surface area contributed by atoms with Crippen molar-refractivity contribution in [1.82, 2.24) is 9.91 Å². The highest BCUT2D eigenvalue weighted by atomic mass is 35.5. The topological polar surface area (TPSA) is 88.5 Å². The molecule has 0 saturated carbocycles. The summed E-state index contributed by atoms with van der Waals surface area (Å²) < 4.78 is 9.66. The molecule has 8 nitrogen and oxygen atoms in total. The van der Waals surface area contributed by atoms with Crippen LogP contribution in [0.3, 0.4) is 0 Å². The second kappa shape index (κ2) is 5.27. The van der Waals surface area contributed by atoms with Gasteiger partial charge >= 0.3 is 17.4 Å². The van der Waals surface area contributed by atoms with Gasteiger partial charge in [0, 0.05) is 6.08 Å². The van der Waals surface area contributed by atoms with E-state index in [-0.39, 0.29) is 19.0 Å². The Balaban J connectivity index is 2.01. The summed E-state index contributed by atoms with van der Waals surface area (Å²) in [5.74, 6) is -0.473. The molecule has 2 aliphatic heterocycles. The first-order valence-corrected chi connectivity index (χ1v) is 5.70.